The van der Waals surface area contributed by atoms with Crippen molar-refractivity contribution < 1.29 is 0 Å². The van der Waals surface area contributed by atoms with E-state index in [9.17, 15) is 0 Å². The smallest absolute Gasteiger partial charge is 0.0686 e. The lowest BCUT2D eigenvalue weighted by atomic mass is 9.97. The predicted molar refractivity (Wildman–Crippen MR) is 77.8 cm³/mol. The maximum absolute atomic E-state index is 6.24. The van der Waals surface area contributed by atoms with Gasteiger partial charge in [0.15, 0.2) is 0 Å². The van der Waals surface area contributed by atoms with Crippen LogP contribution in [0.5, 0.6) is 0 Å². The lowest BCUT2D eigenvalue weighted by Crippen LogP contribution is -2.39. The van der Waals surface area contributed by atoms with Gasteiger partial charge in [-0.15, -0.1) is 0 Å². The molecule has 5 heteroatoms. The fourth-order valence-electron chi connectivity index (χ4n) is 3.39. The lowest BCUT2D eigenvalue weighted by molar-refractivity contribution is 0.360. The van der Waals surface area contributed by atoms with Crippen molar-refractivity contribution >= 4 is 28.2 Å². The van der Waals surface area contributed by atoms with Gasteiger partial charge in [-0.2, -0.15) is 5.10 Å². The van der Waals surface area contributed by atoms with Crippen molar-refractivity contribution in [3.63, 3.8) is 0 Å². The van der Waals surface area contributed by atoms with Crippen molar-refractivity contribution in [1.29, 1.82) is 0 Å². The number of rotatable bonds is 1. The molecule has 2 aromatic rings. The van der Waals surface area contributed by atoms with Gasteiger partial charge < -0.3 is 10.2 Å². The van der Waals surface area contributed by atoms with Crippen LogP contribution in [-0.4, -0.2) is 35.9 Å². The second kappa shape index (κ2) is 4.39. The van der Waals surface area contributed by atoms with Crippen LogP contribution in [0, 0.1) is 5.92 Å². The van der Waals surface area contributed by atoms with E-state index in [1.807, 2.05) is 12.3 Å². The summed E-state index contributed by atoms with van der Waals surface area (Å²) in [6.07, 6.45) is 4.53. The minimum atomic E-state index is 0.611. The molecular formula is C14H17ClN4. The van der Waals surface area contributed by atoms with Crippen LogP contribution < -0.4 is 10.2 Å². The van der Waals surface area contributed by atoms with Crippen LogP contribution in [0.3, 0.4) is 0 Å². The molecule has 0 aliphatic carbocycles. The average Bonchev–Trinajstić information content (AvgIpc) is 2.68. The predicted octanol–water partition coefficient (Wildman–Crippen LogP) is 2.40. The first kappa shape index (κ1) is 11.6. The largest absolute Gasteiger partial charge is 0.369 e. The number of fused-ring (bicyclic) bond motifs is 5. The van der Waals surface area contributed by atoms with Crippen LogP contribution >= 0.6 is 11.6 Å². The third-order valence-corrected chi connectivity index (χ3v) is 4.60. The summed E-state index contributed by atoms with van der Waals surface area (Å²) >= 11 is 6.24. The number of benzene rings is 1. The standard InChI is InChI=1S/C14H17ClN4/c15-10-3-13-12(6-17-18-13)14(4-10)19-7-9-1-2-11(8-19)16-5-9/h3-4,6,9,11,16H,1-2,5,7-8H2,(H,17,18)/t9-,11-/m0/s1. The second-order valence-electron chi connectivity index (χ2n) is 5.71. The van der Waals surface area contributed by atoms with Gasteiger partial charge in [-0.05, 0) is 37.4 Å². The van der Waals surface area contributed by atoms with Crippen LogP contribution in [0.25, 0.3) is 10.9 Å². The Labute approximate surface area is 117 Å². The Bertz CT molecular complexity index is 587. The van der Waals surface area contributed by atoms with Gasteiger partial charge in [0.05, 0.1) is 11.7 Å². The third-order valence-electron chi connectivity index (χ3n) is 4.38. The SMILES string of the molecule is Clc1cc(N2C[C@H]3CC[C@@H](C2)NC3)c2cn[nH]c2c1. The van der Waals surface area contributed by atoms with Crippen molar-refractivity contribution in [2.24, 2.45) is 5.92 Å². The summed E-state index contributed by atoms with van der Waals surface area (Å²) in [6.45, 7) is 3.33. The fraction of sp³-hybridized carbons (Fsp3) is 0.500. The van der Waals surface area contributed by atoms with Gasteiger partial charge >= 0.3 is 0 Å². The molecule has 0 saturated carbocycles. The molecule has 4 nitrogen and oxygen atoms in total. The molecular weight excluding hydrogens is 260 g/mol. The highest BCUT2D eigenvalue weighted by Gasteiger charge is 2.29. The van der Waals surface area contributed by atoms with Crippen LogP contribution in [0.15, 0.2) is 18.3 Å². The Morgan fingerprint density at radius 2 is 2.21 bits per heavy atom. The van der Waals surface area contributed by atoms with Crippen LogP contribution in [-0.2, 0) is 0 Å². The summed E-state index contributed by atoms with van der Waals surface area (Å²) in [5.74, 6) is 0.750. The Morgan fingerprint density at radius 1 is 1.26 bits per heavy atom. The van der Waals surface area contributed by atoms with Gasteiger partial charge in [0.2, 0.25) is 0 Å². The lowest BCUT2D eigenvalue weighted by Gasteiger charge is -2.25. The maximum Gasteiger partial charge on any atom is 0.0686 e. The van der Waals surface area contributed by atoms with E-state index in [2.05, 4.69) is 26.5 Å². The normalized spacial score (nSPS) is 26.9. The molecule has 1 aromatic carbocycles. The van der Waals surface area contributed by atoms with E-state index in [1.54, 1.807) is 0 Å². The maximum atomic E-state index is 6.24. The molecule has 3 saturated heterocycles. The first-order valence-electron chi connectivity index (χ1n) is 6.90. The molecule has 100 valence electrons. The molecule has 5 rings (SSSR count). The zero-order chi connectivity index (χ0) is 12.8. The Kier molecular flexibility index (Phi) is 2.67. The molecule has 0 radical (unpaired) electrons. The Hall–Kier alpha value is -1.26. The fourth-order valence-corrected chi connectivity index (χ4v) is 3.61. The van der Waals surface area contributed by atoms with Crippen LogP contribution in [0.2, 0.25) is 5.02 Å². The molecule has 2 bridgehead atoms. The summed E-state index contributed by atoms with van der Waals surface area (Å²) in [5.41, 5.74) is 2.24. The summed E-state index contributed by atoms with van der Waals surface area (Å²) in [7, 11) is 0. The molecule has 3 aliphatic heterocycles. The quantitative estimate of drug-likeness (QED) is 0.841. The number of aromatic amines is 1. The number of nitrogens with one attached hydrogen (secondary N) is 2. The molecule has 2 N–H and O–H groups in total. The molecule has 19 heavy (non-hydrogen) atoms. The topological polar surface area (TPSA) is 44.0 Å². The highest BCUT2D eigenvalue weighted by molar-refractivity contribution is 6.31. The second-order valence-corrected chi connectivity index (χ2v) is 6.15. The minimum absolute atomic E-state index is 0.611. The van der Waals surface area contributed by atoms with E-state index in [0.29, 0.717) is 6.04 Å². The van der Waals surface area contributed by atoms with Crippen LogP contribution in [0.4, 0.5) is 5.69 Å². The van der Waals surface area contributed by atoms with Crippen molar-refractivity contribution in [2.45, 2.75) is 18.9 Å². The summed E-state index contributed by atoms with van der Waals surface area (Å²) < 4.78 is 0. The van der Waals surface area contributed by atoms with E-state index in [4.69, 9.17) is 11.6 Å². The van der Waals surface area contributed by atoms with Gasteiger partial charge in [-0.3, -0.25) is 5.10 Å². The zero-order valence-electron chi connectivity index (χ0n) is 10.7. The molecule has 0 spiro atoms. The molecule has 2 atom stereocenters. The Balaban J connectivity index is 1.79. The average molecular weight is 277 g/mol. The number of piperidine rings is 1. The number of hydrogen-bond acceptors (Lipinski definition) is 3. The molecule has 0 amide bonds. The van der Waals surface area contributed by atoms with Gasteiger partial charge in [0, 0.05) is 35.2 Å². The summed E-state index contributed by atoms with van der Waals surface area (Å²) in [5, 5.41) is 12.8. The number of aromatic nitrogens is 2. The minimum Gasteiger partial charge on any atom is -0.369 e. The first-order valence-corrected chi connectivity index (χ1v) is 7.28. The van der Waals surface area contributed by atoms with Crippen LogP contribution in [0.1, 0.15) is 12.8 Å². The van der Waals surface area contributed by atoms with E-state index >= 15 is 0 Å². The number of halogens is 1. The molecule has 3 fully saturated rings. The van der Waals surface area contributed by atoms with Crippen molar-refractivity contribution in [3.05, 3.63) is 23.4 Å². The molecule has 1 aromatic heterocycles. The van der Waals surface area contributed by atoms with E-state index in [0.717, 1.165) is 36.1 Å². The van der Waals surface area contributed by atoms with Crippen molar-refractivity contribution in [1.82, 2.24) is 15.5 Å². The number of anilines is 1. The molecule has 0 unspecified atom stereocenters. The highest BCUT2D eigenvalue weighted by atomic mass is 35.5. The highest BCUT2D eigenvalue weighted by Crippen LogP contribution is 2.33. The number of nitrogens with zero attached hydrogens (tertiary/aromatic N) is 2. The summed E-state index contributed by atoms with van der Waals surface area (Å²) in [6, 6.07) is 4.63. The van der Waals surface area contributed by atoms with Gasteiger partial charge in [0.1, 0.15) is 0 Å². The van der Waals surface area contributed by atoms with Gasteiger partial charge in [-0.1, -0.05) is 11.6 Å². The summed E-state index contributed by atoms with van der Waals surface area (Å²) in [4.78, 5) is 2.48. The van der Waals surface area contributed by atoms with E-state index < -0.39 is 0 Å². The van der Waals surface area contributed by atoms with Gasteiger partial charge in [0.25, 0.3) is 0 Å². The number of hydrogen-bond donors (Lipinski definition) is 2. The molecule has 3 aliphatic rings. The van der Waals surface area contributed by atoms with E-state index in [-0.39, 0.29) is 0 Å². The monoisotopic (exact) mass is 276 g/mol. The number of H-pyrrole nitrogens is 1. The Morgan fingerprint density at radius 3 is 3.05 bits per heavy atom. The zero-order valence-corrected chi connectivity index (χ0v) is 11.5. The first-order chi connectivity index (χ1) is 9.29. The van der Waals surface area contributed by atoms with Crippen molar-refractivity contribution in [2.75, 3.05) is 24.5 Å². The molecule has 4 heterocycles. The van der Waals surface area contributed by atoms with E-state index in [1.165, 1.54) is 23.9 Å². The van der Waals surface area contributed by atoms with Crippen molar-refractivity contribution in [3.8, 4) is 0 Å². The third kappa shape index (κ3) is 1.99. The van der Waals surface area contributed by atoms with Gasteiger partial charge in [-0.25, -0.2) is 0 Å².